The highest BCUT2D eigenvalue weighted by Crippen LogP contribution is 2.45. The molecule has 5 atom stereocenters. The fourth-order valence-corrected chi connectivity index (χ4v) is 12.8. The molecule has 0 fully saturated rings. The van der Waals surface area contributed by atoms with Crippen molar-refractivity contribution < 1.29 is 80.2 Å². The van der Waals surface area contributed by atoms with Gasteiger partial charge in [-0.1, -0.05) is 327 Å². The van der Waals surface area contributed by atoms with E-state index in [0.717, 1.165) is 122 Å². The van der Waals surface area contributed by atoms with E-state index in [2.05, 4.69) is 64.2 Å². The van der Waals surface area contributed by atoms with Crippen molar-refractivity contribution in [2.24, 2.45) is 0 Å². The van der Waals surface area contributed by atoms with E-state index in [9.17, 15) is 43.2 Å². The smallest absolute Gasteiger partial charge is 0.462 e. The molecule has 96 heavy (non-hydrogen) atoms. The fourth-order valence-electron chi connectivity index (χ4n) is 11.2. The van der Waals surface area contributed by atoms with E-state index in [1.54, 1.807) is 0 Å². The molecular weight excluding hydrogens is 1260 g/mol. The predicted octanol–water partition coefficient (Wildman–Crippen LogP) is 22.3. The van der Waals surface area contributed by atoms with Crippen LogP contribution in [0, 0.1) is 0 Å². The number of hydrogen-bond acceptors (Lipinski definition) is 15. The van der Waals surface area contributed by atoms with Gasteiger partial charge in [0.15, 0.2) is 12.2 Å². The van der Waals surface area contributed by atoms with E-state index in [-0.39, 0.29) is 25.7 Å². The Labute approximate surface area is 585 Å². The summed E-state index contributed by atoms with van der Waals surface area (Å²) in [5, 5.41) is 10.6. The lowest BCUT2D eigenvalue weighted by molar-refractivity contribution is -0.161. The third-order valence-corrected chi connectivity index (χ3v) is 19.1. The van der Waals surface area contributed by atoms with Gasteiger partial charge in [-0.2, -0.15) is 0 Å². The van der Waals surface area contributed by atoms with Crippen LogP contribution in [0.2, 0.25) is 0 Å². The van der Waals surface area contributed by atoms with Crippen molar-refractivity contribution >= 4 is 39.5 Å². The van der Waals surface area contributed by atoms with Crippen LogP contribution in [0.1, 0.15) is 374 Å². The van der Waals surface area contributed by atoms with E-state index in [0.29, 0.717) is 25.7 Å². The number of aliphatic hydroxyl groups excluding tert-OH is 1. The summed E-state index contributed by atoms with van der Waals surface area (Å²) in [6.45, 7) is 4.84. The lowest BCUT2D eigenvalue weighted by Gasteiger charge is -2.21. The van der Waals surface area contributed by atoms with E-state index in [4.69, 9.17) is 37.0 Å². The topological polar surface area (TPSA) is 237 Å². The van der Waals surface area contributed by atoms with Crippen LogP contribution in [0.15, 0.2) is 36.5 Å². The molecular formula is C77H144O17P2. The molecule has 0 radical (unpaired) electrons. The maximum atomic E-state index is 13.1. The van der Waals surface area contributed by atoms with Crippen LogP contribution in [0.3, 0.4) is 0 Å². The zero-order valence-corrected chi connectivity index (χ0v) is 63.4. The highest BCUT2D eigenvalue weighted by Gasteiger charge is 2.30. The average molecular weight is 1400 g/mol. The molecule has 0 amide bonds. The Bertz CT molecular complexity index is 1970. The molecule has 0 aliphatic carbocycles. The van der Waals surface area contributed by atoms with Gasteiger partial charge in [0.25, 0.3) is 0 Å². The molecule has 0 rings (SSSR count). The molecule has 5 unspecified atom stereocenters. The van der Waals surface area contributed by atoms with E-state index < -0.39 is 97.5 Å². The zero-order chi connectivity index (χ0) is 70.4. The van der Waals surface area contributed by atoms with Crippen molar-refractivity contribution in [3.05, 3.63) is 36.5 Å². The van der Waals surface area contributed by atoms with E-state index in [1.807, 2.05) is 0 Å². The van der Waals surface area contributed by atoms with Gasteiger partial charge in [-0.05, 0) is 57.8 Å². The molecule has 0 aliphatic heterocycles. The molecule has 0 spiro atoms. The van der Waals surface area contributed by atoms with E-state index >= 15 is 0 Å². The van der Waals surface area contributed by atoms with Crippen LogP contribution in [-0.2, 0) is 65.4 Å². The first kappa shape index (κ1) is 93.3. The Kier molecular flexibility index (Phi) is 68.7. The highest BCUT2D eigenvalue weighted by atomic mass is 31.2. The molecule has 19 heteroatoms. The minimum Gasteiger partial charge on any atom is -0.462 e. The molecule has 0 aromatic rings. The molecule has 0 heterocycles. The van der Waals surface area contributed by atoms with Crippen molar-refractivity contribution in [1.82, 2.24) is 0 Å². The summed E-state index contributed by atoms with van der Waals surface area (Å²) < 4.78 is 68.5. The first-order valence-electron chi connectivity index (χ1n) is 39.2. The van der Waals surface area contributed by atoms with Gasteiger partial charge in [0.05, 0.1) is 26.4 Å². The molecule has 3 N–H and O–H groups in total. The maximum absolute atomic E-state index is 13.1. The summed E-state index contributed by atoms with van der Waals surface area (Å²) >= 11 is 0. The number of phosphoric ester groups is 2. The van der Waals surface area contributed by atoms with Crippen LogP contribution in [0.25, 0.3) is 0 Å². The van der Waals surface area contributed by atoms with Crippen molar-refractivity contribution in [1.29, 1.82) is 0 Å². The molecule has 0 aromatic heterocycles. The maximum Gasteiger partial charge on any atom is 0.472 e. The molecule has 17 nitrogen and oxygen atoms in total. The van der Waals surface area contributed by atoms with Crippen LogP contribution >= 0.6 is 15.6 Å². The van der Waals surface area contributed by atoms with Crippen LogP contribution < -0.4 is 0 Å². The molecule has 0 bridgehead atoms. The van der Waals surface area contributed by atoms with Gasteiger partial charge in [0.1, 0.15) is 19.3 Å². The minimum atomic E-state index is -4.96. The normalized spacial score (nSPS) is 14.1. The number of allylic oxidation sites excluding steroid dienone is 6. The number of unbranched alkanes of at least 4 members (excludes halogenated alkanes) is 43. The highest BCUT2D eigenvalue weighted by molar-refractivity contribution is 7.47. The molecule has 564 valence electrons. The van der Waals surface area contributed by atoms with Gasteiger partial charge in [-0.3, -0.25) is 37.3 Å². The van der Waals surface area contributed by atoms with Crippen molar-refractivity contribution in [2.45, 2.75) is 393 Å². The Morgan fingerprint density at radius 3 is 0.833 bits per heavy atom. The second kappa shape index (κ2) is 70.7. The third-order valence-electron chi connectivity index (χ3n) is 17.1. The standard InChI is InChI=1S/C77H144O17P2/c1-5-9-13-17-21-25-29-33-35-39-41-45-49-53-57-61-74(79)87-67-72(93-76(81)63-59-55-51-47-43-37-31-27-23-19-15-11-7-3)69-91-95(83,84)89-65-71(78)66-90-96(85,86)92-70-73(94-77(82)64-60-56-52-48-44-38-32-28-24-20-16-12-8-4)68-88-75(80)62-58-54-50-46-42-40-36-34-30-26-22-18-14-10-6-2/h9,13,21,25,33,35,71-73,78H,5-8,10-12,14-20,22-24,26-32,34,36-70H2,1-4H3,(H,83,84)(H,85,86)/b13-9-,25-21-,35-33-. The van der Waals surface area contributed by atoms with Crippen molar-refractivity contribution in [2.75, 3.05) is 39.6 Å². The number of carbonyl (C=O) groups is 4. The number of carbonyl (C=O) groups excluding carboxylic acids is 4. The second-order valence-corrected chi connectivity index (χ2v) is 29.6. The lowest BCUT2D eigenvalue weighted by Crippen LogP contribution is -2.30. The number of esters is 4. The summed E-state index contributed by atoms with van der Waals surface area (Å²) in [6, 6.07) is 0. The molecule has 0 aliphatic rings. The average Bonchev–Trinajstić information content (AvgIpc) is 1.14. The monoisotopic (exact) mass is 1400 g/mol. The van der Waals surface area contributed by atoms with Crippen molar-refractivity contribution in [3.8, 4) is 0 Å². The van der Waals surface area contributed by atoms with Gasteiger partial charge in [-0.25, -0.2) is 9.13 Å². The fraction of sp³-hybridized carbons (Fsp3) is 0.870. The quantitative estimate of drug-likeness (QED) is 0.0169. The van der Waals surface area contributed by atoms with Crippen molar-refractivity contribution in [3.63, 3.8) is 0 Å². The number of ether oxygens (including phenoxy) is 4. The number of rotatable bonds is 75. The lowest BCUT2D eigenvalue weighted by atomic mass is 10.0. The molecule has 0 aromatic carbocycles. The SMILES string of the molecule is CC/C=C\C/C=C\C/C=C\CCCCCCCC(=O)OCC(COP(=O)(O)OCC(O)COP(=O)(O)OCC(COC(=O)CCCCCCCCCCCCCCCCC)OC(=O)CCCCCCCCCCCCCCC)OC(=O)CCCCCCCCCCCCCCC. The second-order valence-electron chi connectivity index (χ2n) is 26.6. The van der Waals surface area contributed by atoms with Gasteiger partial charge in [-0.15, -0.1) is 0 Å². The van der Waals surface area contributed by atoms with Gasteiger partial charge < -0.3 is 33.8 Å². The predicted molar refractivity (Wildman–Crippen MR) is 391 cm³/mol. The van der Waals surface area contributed by atoms with Crippen LogP contribution in [0.4, 0.5) is 0 Å². The Morgan fingerprint density at radius 1 is 0.302 bits per heavy atom. The number of hydrogen-bond donors (Lipinski definition) is 3. The zero-order valence-electron chi connectivity index (χ0n) is 61.6. The van der Waals surface area contributed by atoms with E-state index in [1.165, 1.54) is 173 Å². The Balaban J connectivity index is 5.29. The van der Waals surface area contributed by atoms with Gasteiger partial charge >= 0.3 is 39.5 Å². The molecule has 0 saturated heterocycles. The Hall–Kier alpha value is -2.72. The summed E-state index contributed by atoms with van der Waals surface area (Å²) in [4.78, 5) is 72.9. The Morgan fingerprint density at radius 2 is 0.542 bits per heavy atom. The summed E-state index contributed by atoms with van der Waals surface area (Å²) in [5.41, 5.74) is 0. The van der Waals surface area contributed by atoms with Gasteiger partial charge in [0, 0.05) is 25.7 Å². The van der Waals surface area contributed by atoms with Crippen LogP contribution in [-0.4, -0.2) is 96.7 Å². The van der Waals surface area contributed by atoms with Crippen LogP contribution in [0.5, 0.6) is 0 Å². The molecule has 0 saturated carbocycles. The minimum absolute atomic E-state index is 0.0995. The first-order valence-corrected chi connectivity index (χ1v) is 42.2. The largest absolute Gasteiger partial charge is 0.472 e. The number of aliphatic hydroxyl groups is 1. The summed E-state index contributed by atoms with van der Waals surface area (Å²) in [7, 11) is -9.92. The summed E-state index contributed by atoms with van der Waals surface area (Å²) in [6.07, 6.45) is 65.5. The third kappa shape index (κ3) is 69.7. The first-order chi connectivity index (χ1) is 46.7. The number of phosphoric acid groups is 2. The summed E-state index contributed by atoms with van der Waals surface area (Å²) in [5.74, 6) is -2.14. The van der Waals surface area contributed by atoms with Gasteiger partial charge in [0.2, 0.25) is 0 Å².